The predicted molar refractivity (Wildman–Crippen MR) is 104 cm³/mol. The molecule has 0 radical (unpaired) electrons. The van der Waals surface area contributed by atoms with Crippen molar-refractivity contribution in [3.63, 3.8) is 0 Å². The van der Waals surface area contributed by atoms with E-state index in [1.807, 2.05) is 26.0 Å². The van der Waals surface area contributed by atoms with Gasteiger partial charge in [0.2, 0.25) is 11.9 Å². The number of anilines is 2. The number of hydrogen-bond acceptors (Lipinski definition) is 5. The van der Waals surface area contributed by atoms with E-state index in [9.17, 15) is 9.59 Å². The van der Waals surface area contributed by atoms with Gasteiger partial charge in [0, 0.05) is 43.3 Å². The van der Waals surface area contributed by atoms with Crippen molar-refractivity contribution in [1.82, 2.24) is 14.9 Å². The highest BCUT2D eigenvalue weighted by Gasteiger charge is 2.23. The van der Waals surface area contributed by atoms with Gasteiger partial charge in [-0.3, -0.25) is 4.79 Å². The normalized spacial score (nSPS) is 14.1. The molecule has 3 amide bonds. The van der Waals surface area contributed by atoms with Crippen molar-refractivity contribution in [1.29, 1.82) is 0 Å². The molecule has 2 heterocycles. The molecule has 142 valence electrons. The standard InChI is InChI=1S/C19H24N6O2/c1-13-10-14(2)22-18(21-13)24-6-8-25(9-7-24)19(27)23-16-5-3-4-15(11-16)12-17(20)26/h3-5,10-11H,6-9,12H2,1-2H3,(H2,20,26)(H,23,27). The summed E-state index contributed by atoms with van der Waals surface area (Å²) in [4.78, 5) is 36.4. The van der Waals surface area contributed by atoms with Gasteiger partial charge in [0.15, 0.2) is 0 Å². The van der Waals surface area contributed by atoms with Crippen LogP contribution in [-0.2, 0) is 11.2 Å². The second-order valence-corrected chi connectivity index (χ2v) is 6.70. The molecule has 8 nitrogen and oxygen atoms in total. The lowest BCUT2D eigenvalue weighted by Crippen LogP contribution is -2.50. The van der Waals surface area contributed by atoms with Gasteiger partial charge in [-0.25, -0.2) is 14.8 Å². The van der Waals surface area contributed by atoms with Crippen LogP contribution in [-0.4, -0.2) is 53.0 Å². The number of urea groups is 1. The molecule has 0 bridgehead atoms. The zero-order valence-electron chi connectivity index (χ0n) is 15.6. The number of carbonyl (C=O) groups is 2. The first-order valence-electron chi connectivity index (χ1n) is 8.91. The SMILES string of the molecule is Cc1cc(C)nc(N2CCN(C(=O)Nc3cccc(CC(N)=O)c3)CC2)n1. The van der Waals surface area contributed by atoms with Gasteiger partial charge in [-0.15, -0.1) is 0 Å². The molecule has 0 atom stereocenters. The molecule has 1 saturated heterocycles. The van der Waals surface area contributed by atoms with Crippen LogP contribution in [0.3, 0.4) is 0 Å². The molecule has 1 aromatic heterocycles. The number of nitrogens with one attached hydrogen (secondary N) is 1. The van der Waals surface area contributed by atoms with Crippen LogP contribution in [0.15, 0.2) is 30.3 Å². The minimum absolute atomic E-state index is 0.151. The van der Waals surface area contributed by atoms with E-state index in [0.717, 1.165) is 17.0 Å². The quantitative estimate of drug-likeness (QED) is 0.850. The first-order valence-corrected chi connectivity index (χ1v) is 8.91. The van der Waals surface area contributed by atoms with E-state index in [2.05, 4.69) is 20.2 Å². The van der Waals surface area contributed by atoms with E-state index in [0.29, 0.717) is 37.8 Å². The van der Waals surface area contributed by atoms with Crippen molar-refractivity contribution in [3.8, 4) is 0 Å². The van der Waals surface area contributed by atoms with Crippen LogP contribution in [0.4, 0.5) is 16.4 Å². The molecule has 8 heteroatoms. The van der Waals surface area contributed by atoms with Crippen LogP contribution in [0, 0.1) is 13.8 Å². The first kappa shape index (κ1) is 18.6. The van der Waals surface area contributed by atoms with Gasteiger partial charge >= 0.3 is 6.03 Å². The Bertz CT molecular complexity index is 826. The molecule has 2 aromatic rings. The van der Waals surface area contributed by atoms with Gasteiger partial charge in [0.25, 0.3) is 0 Å². The molecule has 0 saturated carbocycles. The largest absolute Gasteiger partial charge is 0.369 e. The first-order chi connectivity index (χ1) is 12.9. The van der Waals surface area contributed by atoms with Crippen molar-refractivity contribution in [2.75, 3.05) is 36.4 Å². The Hall–Kier alpha value is -3.16. The Kier molecular flexibility index (Phi) is 5.54. The van der Waals surface area contributed by atoms with Crippen LogP contribution < -0.4 is 16.0 Å². The number of benzene rings is 1. The fourth-order valence-electron chi connectivity index (χ4n) is 3.12. The Morgan fingerprint density at radius 3 is 2.37 bits per heavy atom. The highest BCUT2D eigenvalue weighted by molar-refractivity contribution is 5.89. The fraction of sp³-hybridized carbons (Fsp3) is 0.368. The second-order valence-electron chi connectivity index (χ2n) is 6.70. The van der Waals surface area contributed by atoms with Crippen molar-refractivity contribution in [2.24, 2.45) is 5.73 Å². The summed E-state index contributed by atoms with van der Waals surface area (Å²) >= 11 is 0. The van der Waals surface area contributed by atoms with Crippen LogP contribution in [0.2, 0.25) is 0 Å². The van der Waals surface area contributed by atoms with Gasteiger partial charge in [0.1, 0.15) is 0 Å². The van der Waals surface area contributed by atoms with Crippen molar-refractivity contribution < 1.29 is 9.59 Å². The van der Waals surface area contributed by atoms with Gasteiger partial charge < -0.3 is 20.9 Å². The number of piperazine rings is 1. The molecular weight excluding hydrogens is 344 g/mol. The number of rotatable bonds is 4. The Morgan fingerprint density at radius 1 is 1.07 bits per heavy atom. The summed E-state index contributed by atoms with van der Waals surface area (Å²) in [6, 6.07) is 8.95. The monoisotopic (exact) mass is 368 g/mol. The maximum absolute atomic E-state index is 12.5. The van der Waals surface area contributed by atoms with E-state index in [-0.39, 0.29) is 12.5 Å². The Balaban J connectivity index is 1.58. The maximum Gasteiger partial charge on any atom is 0.321 e. The molecule has 1 aliphatic rings. The van der Waals surface area contributed by atoms with E-state index in [1.165, 1.54) is 0 Å². The average Bonchev–Trinajstić information content (AvgIpc) is 2.61. The third-order valence-electron chi connectivity index (χ3n) is 4.38. The number of aryl methyl sites for hydroxylation is 2. The Labute approximate surface area is 158 Å². The lowest BCUT2D eigenvalue weighted by atomic mass is 10.1. The van der Waals surface area contributed by atoms with E-state index in [1.54, 1.807) is 23.1 Å². The number of nitrogens with two attached hydrogens (primary N) is 1. The fourth-order valence-corrected chi connectivity index (χ4v) is 3.12. The molecule has 0 unspecified atom stereocenters. The minimum Gasteiger partial charge on any atom is -0.369 e. The van der Waals surface area contributed by atoms with Crippen LogP contribution >= 0.6 is 0 Å². The molecule has 27 heavy (non-hydrogen) atoms. The molecule has 0 spiro atoms. The summed E-state index contributed by atoms with van der Waals surface area (Å²) in [5.41, 5.74) is 8.53. The molecule has 0 aliphatic carbocycles. The molecule has 1 aliphatic heterocycles. The molecule has 3 rings (SSSR count). The van der Waals surface area contributed by atoms with Crippen molar-refractivity contribution in [2.45, 2.75) is 20.3 Å². The summed E-state index contributed by atoms with van der Waals surface area (Å²) in [6.07, 6.45) is 0.151. The zero-order chi connectivity index (χ0) is 19.4. The van der Waals surface area contributed by atoms with Crippen molar-refractivity contribution >= 4 is 23.6 Å². The number of aromatic nitrogens is 2. The second kappa shape index (κ2) is 8.03. The Morgan fingerprint density at radius 2 is 1.74 bits per heavy atom. The smallest absolute Gasteiger partial charge is 0.321 e. The predicted octanol–water partition coefficient (Wildman–Crippen LogP) is 1.48. The molecule has 1 fully saturated rings. The number of primary amides is 1. The summed E-state index contributed by atoms with van der Waals surface area (Å²) in [5.74, 6) is 0.315. The minimum atomic E-state index is -0.400. The maximum atomic E-state index is 12.5. The highest BCUT2D eigenvalue weighted by Crippen LogP contribution is 2.15. The van der Waals surface area contributed by atoms with E-state index >= 15 is 0 Å². The van der Waals surface area contributed by atoms with Crippen LogP contribution in [0.25, 0.3) is 0 Å². The number of carbonyl (C=O) groups excluding carboxylic acids is 2. The topological polar surface area (TPSA) is 104 Å². The number of hydrogen-bond donors (Lipinski definition) is 2. The third kappa shape index (κ3) is 4.93. The van der Waals surface area contributed by atoms with E-state index in [4.69, 9.17) is 5.73 Å². The molecule has 1 aromatic carbocycles. The van der Waals surface area contributed by atoms with Gasteiger partial charge in [-0.2, -0.15) is 0 Å². The van der Waals surface area contributed by atoms with E-state index < -0.39 is 5.91 Å². The average molecular weight is 368 g/mol. The zero-order valence-corrected chi connectivity index (χ0v) is 15.6. The third-order valence-corrected chi connectivity index (χ3v) is 4.38. The number of nitrogens with zero attached hydrogens (tertiary/aromatic N) is 4. The van der Waals surface area contributed by atoms with Crippen LogP contribution in [0.5, 0.6) is 0 Å². The van der Waals surface area contributed by atoms with Gasteiger partial charge in [-0.1, -0.05) is 12.1 Å². The lowest BCUT2D eigenvalue weighted by Gasteiger charge is -2.34. The molecular formula is C19H24N6O2. The summed E-state index contributed by atoms with van der Waals surface area (Å²) < 4.78 is 0. The summed E-state index contributed by atoms with van der Waals surface area (Å²) in [6.45, 7) is 6.44. The lowest BCUT2D eigenvalue weighted by molar-refractivity contribution is -0.117. The van der Waals surface area contributed by atoms with Crippen molar-refractivity contribution in [3.05, 3.63) is 47.3 Å². The highest BCUT2D eigenvalue weighted by atomic mass is 16.2. The summed E-state index contributed by atoms with van der Waals surface area (Å²) in [7, 11) is 0. The number of amides is 3. The van der Waals surface area contributed by atoms with Crippen LogP contribution in [0.1, 0.15) is 17.0 Å². The molecule has 3 N–H and O–H groups in total. The summed E-state index contributed by atoms with van der Waals surface area (Å²) in [5, 5.41) is 2.88. The van der Waals surface area contributed by atoms with Gasteiger partial charge in [0.05, 0.1) is 6.42 Å². The van der Waals surface area contributed by atoms with Gasteiger partial charge in [-0.05, 0) is 37.6 Å².